The van der Waals surface area contributed by atoms with E-state index in [9.17, 15) is 40.7 Å². The van der Waals surface area contributed by atoms with Crippen LogP contribution in [0.3, 0.4) is 0 Å². The number of rotatable bonds is 16. The number of likely N-dealkylation sites (tertiary alicyclic amines) is 3. The number of nitrogens with zero attached hydrogens (tertiary/aromatic N) is 15. The molecule has 47 heteroatoms. The minimum Gasteiger partial charge on any atom is -1.00 e. The van der Waals surface area contributed by atoms with E-state index in [0.29, 0.717) is 111 Å². The smallest absolute Gasteiger partial charge is 1.00 e. The molecular weight excluding hydrogens is 1740 g/mol. The molecule has 8 aromatic heterocycles. The van der Waals surface area contributed by atoms with Gasteiger partial charge < -0.3 is 102 Å². The maximum atomic E-state index is 11.8. The van der Waals surface area contributed by atoms with Gasteiger partial charge in [-0.15, -0.1) is 24.8 Å². The van der Waals surface area contributed by atoms with Crippen LogP contribution in [0.1, 0.15) is 108 Å². The third kappa shape index (κ3) is 34.2. The Balaban J connectivity index is 0.000000491. The molecule has 0 spiro atoms. The third-order valence-corrected chi connectivity index (χ3v) is 19.2. The van der Waals surface area contributed by atoms with E-state index in [1.807, 2.05) is 48.5 Å². The summed E-state index contributed by atoms with van der Waals surface area (Å²) >= 11 is 5.70. The van der Waals surface area contributed by atoms with Crippen molar-refractivity contribution in [3.63, 3.8) is 0 Å². The molecule has 679 valence electrons. The van der Waals surface area contributed by atoms with Crippen LogP contribution in [-0.4, -0.2) is 213 Å². The summed E-state index contributed by atoms with van der Waals surface area (Å²) < 4.78 is 78.3. The number of aliphatic hydroxyl groups is 3. The van der Waals surface area contributed by atoms with E-state index in [-0.39, 0.29) is 115 Å². The summed E-state index contributed by atoms with van der Waals surface area (Å²) in [6.07, 6.45) is 4.35. The first-order valence-corrected chi connectivity index (χ1v) is 38.4. The second kappa shape index (κ2) is 53.5. The van der Waals surface area contributed by atoms with E-state index < -0.39 is 30.1 Å². The van der Waals surface area contributed by atoms with Crippen molar-refractivity contribution in [3.8, 4) is 5.88 Å². The Kier molecular flexibility index (Phi) is 46.4. The number of nitrogen functional groups attached to an aromatic ring is 4. The topological polar surface area (TPSA) is 569 Å². The summed E-state index contributed by atoms with van der Waals surface area (Å²) in [5.74, 6) is -1.61. The molecule has 127 heavy (non-hydrogen) atoms. The molecule has 5 aromatic carbocycles. The number of alkyl halides is 6. The van der Waals surface area contributed by atoms with E-state index in [1.54, 1.807) is 96.1 Å². The van der Waals surface area contributed by atoms with Gasteiger partial charge in [0.25, 0.3) is 11.6 Å². The van der Waals surface area contributed by atoms with Crippen molar-refractivity contribution >= 4 is 152 Å². The minimum atomic E-state index is -4.86. The average Bonchev–Trinajstić information content (AvgIpc) is 1.59. The largest absolute Gasteiger partial charge is 1.00 e. The molecule has 36 nitrogen and oxygen atoms in total. The molecule has 0 bridgehead atoms. The number of aromatic nitrogens is 16. The number of H-pyrrole nitrogens is 4. The van der Waals surface area contributed by atoms with Gasteiger partial charge in [0.2, 0.25) is 29.7 Å². The number of amides is 2. The Morgan fingerprint density at radius 3 is 1.08 bits per heavy atom. The monoisotopic (exact) mass is 1840 g/mol. The number of carboxylic acids is 1. The van der Waals surface area contributed by atoms with Gasteiger partial charge in [-0.2, -0.15) is 66.2 Å². The van der Waals surface area contributed by atoms with Crippen LogP contribution in [0.5, 0.6) is 5.88 Å². The third-order valence-electron chi connectivity index (χ3n) is 18.9. The zero-order chi connectivity index (χ0) is 88.6. The molecule has 2 amide bonds. The van der Waals surface area contributed by atoms with Gasteiger partial charge in [0.05, 0.1) is 91.0 Å². The molecule has 3 aliphatic heterocycles. The van der Waals surface area contributed by atoms with E-state index in [2.05, 4.69) is 106 Å². The van der Waals surface area contributed by atoms with E-state index in [0.717, 1.165) is 85.6 Å². The number of aliphatic hydroxyl groups excluding tert-OH is 3. The number of carbonyl (C=O) groups is 3. The molecule has 13 aromatic rings. The fourth-order valence-corrected chi connectivity index (χ4v) is 12.4. The minimum absolute atomic E-state index is 0. The number of halogens is 9. The van der Waals surface area contributed by atoms with Gasteiger partial charge in [0.15, 0.2) is 38.8 Å². The zero-order valence-corrected chi connectivity index (χ0v) is 73.0. The Morgan fingerprint density at radius 1 is 0.465 bits per heavy atom. The predicted octanol–water partition coefficient (Wildman–Crippen LogP) is 6.02. The van der Waals surface area contributed by atoms with Crippen LogP contribution in [-0.2, 0) is 68.7 Å². The molecule has 3 fully saturated rings. The average molecular weight is 1840 g/mol. The molecule has 3 radical (unpaired) electrons. The quantitative estimate of drug-likeness (QED) is 0.0228. The number of benzene rings is 5. The summed E-state index contributed by atoms with van der Waals surface area (Å²) in [6.45, 7) is 8.42. The number of anilines is 4. The fourth-order valence-electron chi connectivity index (χ4n) is 12.1. The summed E-state index contributed by atoms with van der Waals surface area (Å²) in [4.78, 5) is 94.5. The molecule has 0 atom stereocenters. The van der Waals surface area contributed by atoms with Crippen molar-refractivity contribution in [2.75, 3.05) is 83.3 Å². The second-order valence-corrected chi connectivity index (χ2v) is 28.4. The van der Waals surface area contributed by atoms with Crippen molar-refractivity contribution in [2.45, 2.75) is 117 Å². The fraction of sp³-hybridized carbons (Fsp3) is 0.338. The van der Waals surface area contributed by atoms with Crippen LogP contribution < -0.4 is 83.3 Å². The second-order valence-electron chi connectivity index (χ2n) is 28.1. The van der Waals surface area contributed by atoms with Gasteiger partial charge in [0, 0.05) is 75.8 Å². The molecule has 11 heterocycles. The van der Waals surface area contributed by atoms with Crippen molar-refractivity contribution in [1.29, 1.82) is 0 Å². The first kappa shape index (κ1) is 110. The molecule has 3 aliphatic rings. The SMILES string of the molecule is C.CN1CCCC1.C[N+]1(c2nc(N)nc3nc[nH]c23)CCCC1.C[N+]1(c2nc(N)nc3nc[nH]c23)CCCC1.Cl.Cl.NCc1ccc(C(=O)O)cc1.NCc1ccc(CO)cc1.NCc1ccc(COc2nc(N)nc3nc[nH]c23)cc1.Nc1nc(Cl)c2[nH]cnc2n1.O=C(NCc1ccc(CO)cc1)C(F)(F)F.O=C(NCc1ccc(CO)cc1)C(F)(F)F.[Al].[H-].[Li+]. The van der Waals surface area contributed by atoms with Crippen LogP contribution in [0.15, 0.2) is 147 Å². The summed E-state index contributed by atoms with van der Waals surface area (Å²) in [5.41, 5.74) is 51.8. The van der Waals surface area contributed by atoms with Crippen LogP contribution in [0, 0.1) is 0 Å². The van der Waals surface area contributed by atoms with Crippen molar-refractivity contribution in [2.24, 2.45) is 17.2 Å². The predicted molar refractivity (Wildman–Crippen MR) is 478 cm³/mol. The number of imidazole rings is 4. The number of ether oxygens (including phenoxy) is 1. The molecule has 0 aliphatic carbocycles. The van der Waals surface area contributed by atoms with Crippen LogP contribution in [0.25, 0.3) is 44.7 Å². The van der Waals surface area contributed by atoms with Gasteiger partial charge in [-0.25, -0.2) is 24.7 Å². The number of hydrogen-bond donors (Lipinski definition) is 17. The molecule has 0 saturated carbocycles. The van der Waals surface area contributed by atoms with Gasteiger partial charge >= 0.3 is 49.0 Å². The van der Waals surface area contributed by atoms with Gasteiger partial charge in [-0.3, -0.25) is 18.6 Å². The summed E-state index contributed by atoms with van der Waals surface area (Å²) in [5, 5.41) is 38.5. The number of aromatic amines is 4. The summed E-state index contributed by atoms with van der Waals surface area (Å²) in [7, 11) is 6.55. The Bertz CT molecular complexity index is 5260. The maximum absolute atomic E-state index is 11.8. The Labute approximate surface area is 768 Å². The van der Waals surface area contributed by atoms with Crippen LogP contribution in [0.2, 0.25) is 5.15 Å². The molecule has 3 saturated heterocycles. The number of quaternary nitrogens is 2. The number of fused-ring (bicyclic) bond motifs is 4. The van der Waals surface area contributed by atoms with E-state index >= 15 is 0 Å². The number of aromatic carboxylic acids is 1. The standard InChI is InChI=1S/C13H14N6O.2C10H10F3NO2.2C10H15N6.C8H9NO2.C8H11NO.C5H4ClN5.C5H11N.CH4.Al.2ClH.Li.H/c14-5-8-1-3-9(4-2-8)6-20-12-10-11(17-7-16-10)18-13(15)19-12;2*11-10(12,13)9(16)14-5-7-1-3-8(6-15)4-2-7;2*1-16(4-2-3-5-16)9-7-8(13-6-12-7)14-10(11)15-9;9-5-6-1-3-7(4-2-6)8(10)11;9-5-7-1-3-8(6-10)4-2-7;6-3-2-4(9-1-8-2)11-5(7)10-3;1-6-4-2-3-5-6;;;;;;/h1-4,7H,5-6,14H2,(H3,15,16,17,18,19);2*1-4,15H,5-6H2,(H,14,16);2*6H,2-5H2,1H3,(H3,11,12,13,14,15);1-4H,5,9H2,(H,10,11);1-4,10H,5-6,9H2;1H,(H3,7,8,9,10,11);2-5H2,1H3;1H4;;2*1H;;/q;;;2*+1;;;;;;;;;+1;-1. The first-order chi connectivity index (χ1) is 58.3. The molecule has 24 N–H and O–H groups in total. The van der Waals surface area contributed by atoms with Crippen molar-refractivity contribution in [3.05, 3.63) is 207 Å². The molecule has 16 rings (SSSR count). The zero-order valence-electron chi connectivity index (χ0n) is 70.4. The van der Waals surface area contributed by atoms with Crippen molar-refractivity contribution < 1.29 is 86.2 Å². The van der Waals surface area contributed by atoms with Crippen molar-refractivity contribution in [1.82, 2.24) is 104 Å². The van der Waals surface area contributed by atoms with Crippen LogP contribution >= 0.6 is 36.4 Å². The number of carbonyl (C=O) groups excluding carboxylic acids is 2. The first-order valence-electron chi connectivity index (χ1n) is 38.1. The van der Waals surface area contributed by atoms with Gasteiger partial charge in [-0.05, 0) is 95.2 Å². The number of hydrogen-bond acceptors (Lipinski definition) is 27. The number of nitrogens with two attached hydrogens (primary N) is 7. The maximum Gasteiger partial charge on any atom is 1.00 e. The van der Waals surface area contributed by atoms with Gasteiger partial charge in [-0.1, -0.05) is 128 Å². The normalized spacial score (nSPS) is 13.1. The number of nitrogens with one attached hydrogen (secondary N) is 6. The Morgan fingerprint density at radius 2 is 0.756 bits per heavy atom. The van der Waals surface area contributed by atoms with Gasteiger partial charge in [0.1, 0.15) is 17.6 Å². The van der Waals surface area contributed by atoms with E-state index in [4.69, 9.17) is 76.9 Å². The van der Waals surface area contributed by atoms with E-state index in [1.165, 1.54) is 64.3 Å². The summed E-state index contributed by atoms with van der Waals surface area (Å²) in [6, 6.07) is 34.5. The van der Waals surface area contributed by atoms with Crippen LogP contribution in [0.4, 0.5) is 61.8 Å². The Hall–Kier alpha value is -11.1. The molecule has 0 unspecified atom stereocenters. The molecular formula is C80H106AlCl3F6LiN28O8+2. The number of carboxylic acid groups (broad SMARTS) is 1.